The number of benzene rings is 2. The molecule has 0 N–H and O–H groups in total. The van der Waals surface area contributed by atoms with Gasteiger partial charge in [0.15, 0.2) is 0 Å². The highest BCUT2D eigenvalue weighted by molar-refractivity contribution is 7.53. The van der Waals surface area contributed by atoms with Crippen molar-refractivity contribution in [1.29, 1.82) is 0 Å². The Bertz CT molecular complexity index is 1160. The van der Waals surface area contributed by atoms with Gasteiger partial charge in [0.1, 0.15) is 24.6 Å². The Kier molecular flexibility index (Phi) is 7.72. The standard InChI is InChI=1S/C23H26N2OP.ClHO4/c1-5-25(6-2)17-11-12-19-16(3)13-18(26-21(19)14-17)15-23-24(4)20-9-7-8-10-22(20)27-23;2-1(3,4)5/h7-15,27H,5-6H2,1-4H3;(H,2,3,4,5)/q+1;/p-1. The fourth-order valence-corrected chi connectivity index (χ4v) is 5.05. The summed E-state index contributed by atoms with van der Waals surface area (Å²) < 4.78 is 42.6. The zero-order valence-electron chi connectivity index (χ0n) is 18.4. The van der Waals surface area contributed by atoms with Gasteiger partial charge in [0.2, 0.25) is 5.36 Å². The van der Waals surface area contributed by atoms with Crippen molar-refractivity contribution in [3.63, 3.8) is 0 Å². The summed E-state index contributed by atoms with van der Waals surface area (Å²) in [6.07, 6.45) is 2.19. The van der Waals surface area contributed by atoms with E-state index < -0.39 is 10.2 Å². The normalized spacial score (nSPS) is 15.1. The second-order valence-corrected chi connectivity index (χ2v) is 9.35. The first-order chi connectivity index (χ1) is 15.1. The molecule has 0 amide bonds. The minimum absolute atomic E-state index is 0.663. The van der Waals surface area contributed by atoms with Gasteiger partial charge in [-0.3, -0.25) is 0 Å². The van der Waals surface area contributed by atoms with Crippen LogP contribution in [0.4, 0.5) is 5.69 Å². The first kappa shape index (κ1) is 24.4. The molecule has 1 atom stereocenters. The van der Waals surface area contributed by atoms with Crippen LogP contribution in [0.3, 0.4) is 0 Å². The average Bonchev–Trinajstić information content (AvgIpc) is 3.03. The molecular weight excluding hydrogens is 451 g/mol. The third-order valence-electron chi connectivity index (χ3n) is 5.27. The molecule has 2 aliphatic heterocycles. The third-order valence-corrected chi connectivity index (χ3v) is 6.70. The van der Waals surface area contributed by atoms with E-state index in [2.05, 4.69) is 91.9 Å². The Morgan fingerprint density at radius 1 is 1.03 bits per heavy atom. The molecule has 2 heterocycles. The van der Waals surface area contributed by atoms with E-state index in [-0.39, 0.29) is 0 Å². The van der Waals surface area contributed by atoms with E-state index in [4.69, 9.17) is 23.1 Å². The van der Waals surface area contributed by atoms with Gasteiger partial charge in [0, 0.05) is 41.2 Å². The minimum Gasteiger partial charge on any atom is -0.456 e. The van der Waals surface area contributed by atoms with E-state index >= 15 is 0 Å². The molecule has 0 fully saturated rings. The molecule has 32 heavy (non-hydrogen) atoms. The number of nitrogens with zero attached hydrogens (tertiary/aromatic N) is 2. The average molecular weight is 477 g/mol. The topological polar surface area (TPSA) is 112 Å². The molecule has 3 aliphatic rings. The SMILES string of the molecule is CC[N+](CC)=c1ccc2c(C)cc(/C=C3\Pc4ccccc4N3C)oc-2c1.[O-][Cl+3]([O-])([O-])[O-]. The summed E-state index contributed by atoms with van der Waals surface area (Å²) in [5, 5.41) is 2.61. The van der Waals surface area contributed by atoms with Crippen LogP contribution in [0.1, 0.15) is 25.2 Å². The molecule has 0 aromatic heterocycles. The minimum atomic E-state index is -4.94. The Labute approximate surface area is 191 Å². The number of fused-ring (bicyclic) bond motifs is 2. The lowest BCUT2D eigenvalue weighted by Crippen LogP contribution is -2.68. The number of anilines is 1. The quantitative estimate of drug-likeness (QED) is 0.372. The second-order valence-electron chi connectivity index (χ2n) is 7.29. The van der Waals surface area contributed by atoms with Gasteiger partial charge in [-0.25, -0.2) is 23.2 Å². The zero-order valence-corrected chi connectivity index (χ0v) is 20.2. The van der Waals surface area contributed by atoms with Crippen LogP contribution in [0.2, 0.25) is 0 Å². The summed E-state index contributed by atoms with van der Waals surface area (Å²) in [7, 11) is -2.15. The van der Waals surface area contributed by atoms with Crippen molar-refractivity contribution in [2.75, 3.05) is 25.0 Å². The summed E-state index contributed by atoms with van der Waals surface area (Å²) >= 11 is 0. The summed E-state index contributed by atoms with van der Waals surface area (Å²) in [5.74, 6) is 1.87. The van der Waals surface area contributed by atoms with E-state index in [0.29, 0.717) is 8.58 Å². The molecule has 1 aromatic rings. The molecule has 7 nitrogen and oxygen atoms in total. The predicted octanol–water partition coefficient (Wildman–Crippen LogP) is -0.499. The maximum absolute atomic E-state index is 8.49. The highest BCUT2D eigenvalue weighted by Gasteiger charge is 2.21. The van der Waals surface area contributed by atoms with Gasteiger partial charge < -0.3 is 9.32 Å². The first-order valence-corrected chi connectivity index (χ1v) is 12.4. The van der Waals surface area contributed by atoms with Crippen LogP contribution < -0.4 is 38.8 Å². The Morgan fingerprint density at radius 3 is 2.31 bits per heavy atom. The maximum Gasteiger partial charge on any atom is 0.203 e. The van der Waals surface area contributed by atoms with Gasteiger partial charge in [0.05, 0.1) is 6.07 Å². The molecule has 1 unspecified atom stereocenters. The lowest BCUT2D eigenvalue weighted by Gasteiger charge is -2.17. The molecule has 0 radical (unpaired) electrons. The van der Waals surface area contributed by atoms with Crippen LogP contribution in [0.15, 0.2) is 58.4 Å². The smallest absolute Gasteiger partial charge is 0.203 e. The van der Waals surface area contributed by atoms with Gasteiger partial charge >= 0.3 is 0 Å². The first-order valence-electron chi connectivity index (χ1n) is 10.2. The van der Waals surface area contributed by atoms with Gasteiger partial charge in [-0.05, 0) is 53.1 Å². The lowest BCUT2D eigenvalue weighted by atomic mass is 10.0. The van der Waals surface area contributed by atoms with Crippen LogP contribution in [-0.4, -0.2) is 20.1 Å². The largest absolute Gasteiger partial charge is 0.456 e. The van der Waals surface area contributed by atoms with E-state index in [0.717, 1.165) is 24.6 Å². The Balaban J connectivity index is 0.000000523. The van der Waals surface area contributed by atoms with Crippen molar-refractivity contribution in [3.05, 3.63) is 70.6 Å². The number of aryl methyl sites for hydroxylation is 1. The third kappa shape index (κ3) is 5.95. The number of para-hydroxylation sites is 1. The van der Waals surface area contributed by atoms with Crippen LogP contribution in [0, 0.1) is 17.2 Å². The van der Waals surface area contributed by atoms with Gasteiger partial charge in [-0.2, -0.15) is 0 Å². The summed E-state index contributed by atoms with van der Waals surface area (Å²) in [6, 6.07) is 17.3. The molecule has 1 aromatic carbocycles. The van der Waals surface area contributed by atoms with Crippen molar-refractivity contribution in [3.8, 4) is 11.3 Å². The molecule has 170 valence electrons. The summed E-state index contributed by atoms with van der Waals surface area (Å²) in [5.41, 5.74) is 5.01. The monoisotopic (exact) mass is 476 g/mol. The highest BCUT2D eigenvalue weighted by atomic mass is 35.7. The van der Waals surface area contributed by atoms with Crippen LogP contribution in [0.5, 0.6) is 0 Å². The van der Waals surface area contributed by atoms with Gasteiger partial charge in [-0.1, -0.05) is 18.2 Å². The molecule has 0 spiro atoms. The summed E-state index contributed by atoms with van der Waals surface area (Å²) in [4.78, 5) is 2.27. The molecule has 0 bridgehead atoms. The van der Waals surface area contributed by atoms with E-state index in [1.807, 2.05) is 0 Å². The highest BCUT2D eigenvalue weighted by Crippen LogP contribution is 2.40. The van der Waals surface area contributed by atoms with Crippen LogP contribution >= 0.6 is 8.58 Å². The second kappa shape index (κ2) is 10.1. The molecule has 4 rings (SSSR count). The van der Waals surface area contributed by atoms with Crippen molar-refractivity contribution in [2.24, 2.45) is 0 Å². The molecule has 1 aliphatic carbocycles. The van der Waals surface area contributed by atoms with Crippen LogP contribution in [-0.2, 0) is 0 Å². The predicted molar refractivity (Wildman–Crippen MR) is 117 cm³/mol. The fraction of sp³-hybridized carbons (Fsp3) is 0.261. The Morgan fingerprint density at radius 2 is 1.69 bits per heavy atom. The number of hydrogen-bond donors (Lipinski definition) is 0. The fourth-order valence-electron chi connectivity index (χ4n) is 3.72. The van der Waals surface area contributed by atoms with E-state index in [1.54, 1.807) is 0 Å². The summed E-state index contributed by atoms with van der Waals surface area (Å²) in [6.45, 7) is 8.52. The van der Waals surface area contributed by atoms with Crippen LogP contribution in [0.25, 0.3) is 17.4 Å². The molecule has 9 heteroatoms. The molecule has 0 saturated carbocycles. The van der Waals surface area contributed by atoms with Crippen molar-refractivity contribution >= 4 is 25.6 Å². The number of halogens is 1. The molecule has 0 saturated heterocycles. The van der Waals surface area contributed by atoms with E-state index in [9.17, 15) is 0 Å². The zero-order chi connectivity index (χ0) is 23.5. The number of rotatable bonds is 3. The lowest BCUT2D eigenvalue weighted by molar-refractivity contribution is -2.00. The Hall–Kier alpha value is -2.25. The van der Waals surface area contributed by atoms with Crippen molar-refractivity contribution in [1.82, 2.24) is 4.58 Å². The maximum atomic E-state index is 8.49. The molecular formula is C23H26ClN2O5P. The van der Waals surface area contributed by atoms with Crippen molar-refractivity contribution in [2.45, 2.75) is 20.8 Å². The van der Waals surface area contributed by atoms with Crippen molar-refractivity contribution < 1.29 is 33.3 Å². The number of hydrogen-bond acceptors (Lipinski definition) is 6. The van der Waals surface area contributed by atoms with Gasteiger partial charge in [0.25, 0.3) is 0 Å². The van der Waals surface area contributed by atoms with E-state index in [1.165, 1.54) is 32.9 Å². The van der Waals surface area contributed by atoms with Gasteiger partial charge in [-0.15, -0.1) is 10.2 Å².